The molecule has 0 aromatic heterocycles. The maximum Gasteiger partial charge on any atom is 0.0792 e. The first-order valence-electron chi connectivity index (χ1n) is 4.29. The van der Waals surface area contributed by atoms with Crippen LogP contribution in [0.5, 0.6) is 0 Å². The number of hydrogen-bond donors (Lipinski definition) is 1. The Morgan fingerprint density at radius 3 is 2.45 bits per heavy atom. The molecule has 0 atom stereocenters. The molecule has 11 heavy (non-hydrogen) atoms. The van der Waals surface area contributed by atoms with E-state index in [0.717, 1.165) is 26.4 Å². The zero-order valence-corrected chi connectivity index (χ0v) is 7.26. The third kappa shape index (κ3) is 1.17. The van der Waals surface area contributed by atoms with Gasteiger partial charge in [-0.2, -0.15) is 0 Å². The van der Waals surface area contributed by atoms with E-state index in [2.05, 4.69) is 24.1 Å². The fourth-order valence-corrected chi connectivity index (χ4v) is 1.68. The largest absolute Gasteiger partial charge is 0.377 e. The molecule has 2 rings (SSSR count). The van der Waals surface area contributed by atoms with Gasteiger partial charge in [0.2, 0.25) is 0 Å². The van der Waals surface area contributed by atoms with Crippen LogP contribution in [0.3, 0.4) is 0 Å². The van der Waals surface area contributed by atoms with E-state index >= 15 is 0 Å². The smallest absolute Gasteiger partial charge is 0.0792 e. The van der Waals surface area contributed by atoms with Crippen LogP contribution in [0.15, 0.2) is 0 Å². The fraction of sp³-hybridized carbons (Fsp3) is 1.00. The van der Waals surface area contributed by atoms with E-state index in [-0.39, 0.29) is 0 Å². The highest BCUT2D eigenvalue weighted by Crippen LogP contribution is 2.23. The Morgan fingerprint density at radius 1 is 1.45 bits per heavy atom. The number of hydrogen-bond acceptors (Lipinski definition) is 3. The molecule has 0 bridgehead atoms. The van der Waals surface area contributed by atoms with Gasteiger partial charge in [0, 0.05) is 19.3 Å². The Balaban J connectivity index is 1.93. The van der Waals surface area contributed by atoms with Crippen molar-refractivity contribution < 1.29 is 4.74 Å². The topological polar surface area (TPSA) is 24.5 Å². The second kappa shape index (κ2) is 2.44. The summed E-state index contributed by atoms with van der Waals surface area (Å²) in [6, 6.07) is 0.655. The molecule has 0 aromatic rings. The van der Waals surface area contributed by atoms with Crippen LogP contribution in [0.2, 0.25) is 0 Å². The molecule has 2 heterocycles. The first-order chi connectivity index (χ1) is 5.22. The number of nitrogens with zero attached hydrogens (tertiary/aromatic N) is 1. The van der Waals surface area contributed by atoms with E-state index in [9.17, 15) is 0 Å². The van der Waals surface area contributed by atoms with Gasteiger partial charge >= 0.3 is 0 Å². The molecule has 0 aliphatic carbocycles. The molecule has 2 fully saturated rings. The Labute approximate surface area is 67.7 Å². The molecule has 3 nitrogen and oxygen atoms in total. The minimum atomic E-state index is 0.324. The number of rotatable bonds is 1. The van der Waals surface area contributed by atoms with Crippen molar-refractivity contribution in [1.82, 2.24) is 10.2 Å². The molecule has 2 aliphatic heterocycles. The van der Waals surface area contributed by atoms with Crippen LogP contribution in [0.4, 0.5) is 0 Å². The standard InChI is InChI=1S/C8H16N2O/c1-7(2)10-3-8(9-6-10)4-11-5-8/h7,9H,3-6H2,1-2H3. The van der Waals surface area contributed by atoms with Crippen LogP contribution in [0.25, 0.3) is 0 Å². The lowest BCUT2D eigenvalue weighted by Crippen LogP contribution is -2.59. The zero-order valence-electron chi connectivity index (χ0n) is 7.26. The lowest BCUT2D eigenvalue weighted by Gasteiger charge is -2.38. The minimum Gasteiger partial charge on any atom is -0.377 e. The molecule has 1 N–H and O–H groups in total. The summed E-state index contributed by atoms with van der Waals surface area (Å²) in [5, 5.41) is 3.50. The average Bonchev–Trinajstić information content (AvgIpc) is 2.28. The Kier molecular flexibility index (Phi) is 1.67. The highest BCUT2D eigenvalue weighted by molar-refractivity contribution is 5.01. The van der Waals surface area contributed by atoms with Crippen molar-refractivity contribution in [2.24, 2.45) is 0 Å². The number of ether oxygens (including phenoxy) is 1. The lowest BCUT2D eigenvalue weighted by molar-refractivity contribution is -0.0618. The van der Waals surface area contributed by atoms with Gasteiger partial charge in [0.25, 0.3) is 0 Å². The van der Waals surface area contributed by atoms with Gasteiger partial charge in [0.05, 0.1) is 18.8 Å². The maximum atomic E-state index is 5.20. The maximum absolute atomic E-state index is 5.20. The molecule has 0 aromatic carbocycles. The molecule has 0 saturated carbocycles. The highest BCUT2D eigenvalue weighted by atomic mass is 16.5. The SMILES string of the molecule is CC(C)N1CNC2(COC2)C1. The summed E-state index contributed by atoms with van der Waals surface area (Å²) >= 11 is 0. The van der Waals surface area contributed by atoms with Gasteiger partial charge in [0.15, 0.2) is 0 Å². The molecular weight excluding hydrogens is 140 g/mol. The van der Waals surface area contributed by atoms with Gasteiger partial charge in [-0.05, 0) is 13.8 Å². The van der Waals surface area contributed by atoms with Crippen LogP contribution in [-0.4, -0.2) is 42.9 Å². The van der Waals surface area contributed by atoms with Gasteiger partial charge in [-0.3, -0.25) is 10.2 Å². The van der Waals surface area contributed by atoms with E-state index in [1.807, 2.05) is 0 Å². The molecule has 0 radical (unpaired) electrons. The molecule has 0 unspecified atom stereocenters. The summed E-state index contributed by atoms with van der Waals surface area (Å²) in [4.78, 5) is 2.45. The van der Waals surface area contributed by atoms with Crippen molar-refractivity contribution in [3.63, 3.8) is 0 Å². The van der Waals surface area contributed by atoms with E-state index in [4.69, 9.17) is 4.74 Å². The predicted molar refractivity (Wildman–Crippen MR) is 43.4 cm³/mol. The lowest BCUT2D eigenvalue weighted by atomic mass is 9.99. The van der Waals surface area contributed by atoms with Gasteiger partial charge in [0.1, 0.15) is 0 Å². The molecular formula is C8H16N2O. The van der Waals surface area contributed by atoms with Crippen molar-refractivity contribution in [3.8, 4) is 0 Å². The van der Waals surface area contributed by atoms with Crippen LogP contribution in [-0.2, 0) is 4.74 Å². The van der Waals surface area contributed by atoms with Crippen LogP contribution >= 0.6 is 0 Å². The van der Waals surface area contributed by atoms with Gasteiger partial charge in [-0.1, -0.05) is 0 Å². The summed E-state index contributed by atoms with van der Waals surface area (Å²) < 4.78 is 5.20. The molecule has 1 spiro atoms. The first-order valence-corrected chi connectivity index (χ1v) is 4.29. The van der Waals surface area contributed by atoms with E-state index in [1.165, 1.54) is 0 Å². The molecule has 3 heteroatoms. The quantitative estimate of drug-likeness (QED) is 0.579. The Hall–Kier alpha value is -0.120. The van der Waals surface area contributed by atoms with E-state index in [1.54, 1.807) is 0 Å². The Morgan fingerprint density at radius 2 is 2.18 bits per heavy atom. The van der Waals surface area contributed by atoms with E-state index in [0.29, 0.717) is 11.6 Å². The summed E-state index contributed by atoms with van der Waals surface area (Å²) in [7, 11) is 0. The third-order valence-corrected chi connectivity index (χ3v) is 2.65. The minimum absolute atomic E-state index is 0.324. The molecule has 2 saturated heterocycles. The second-order valence-corrected chi connectivity index (χ2v) is 3.95. The summed E-state index contributed by atoms with van der Waals surface area (Å²) in [6.45, 7) is 8.46. The average molecular weight is 156 g/mol. The molecule has 64 valence electrons. The Bertz CT molecular complexity index is 154. The van der Waals surface area contributed by atoms with Crippen molar-refractivity contribution in [2.45, 2.75) is 25.4 Å². The van der Waals surface area contributed by atoms with Crippen molar-refractivity contribution >= 4 is 0 Å². The van der Waals surface area contributed by atoms with Crippen molar-refractivity contribution in [2.75, 3.05) is 26.4 Å². The molecule has 0 amide bonds. The third-order valence-electron chi connectivity index (χ3n) is 2.65. The van der Waals surface area contributed by atoms with Gasteiger partial charge < -0.3 is 4.74 Å². The normalized spacial score (nSPS) is 29.7. The zero-order chi connectivity index (χ0) is 7.90. The van der Waals surface area contributed by atoms with Gasteiger partial charge in [-0.15, -0.1) is 0 Å². The molecule has 2 aliphatic rings. The van der Waals surface area contributed by atoms with Crippen molar-refractivity contribution in [3.05, 3.63) is 0 Å². The van der Waals surface area contributed by atoms with Crippen LogP contribution in [0.1, 0.15) is 13.8 Å². The summed E-state index contributed by atoms with van der Waals surface area (Å²) in [5.74, 6) is 0. The summed E-state index contributed by atoms with van der Waals surface area (Å²) in [6.07, 6.45) is 0. The van der Waals surface area contributed by atoms with Crippen molar-refractivity contribution in [1.29, 1.82) is 0 Å². The summed E-state index contributed by atoms with van der Waals surface area (Å²) in [5.41, 5.74) is 0.324. The van der Waals surface area contributed by atoms with Gasteiger partial charge in [-0.25, -0.2) is 0 Å². The van der Waals surface area contributed by atoms with Crippen LogP contribution < -0.4 is 5.32 Å². The predicted octanol–water partition coefficient (Wildman–Crippen LogP) is 0.0265. The highest BCUT2D eigenvalue weighted by Gasteiger charge is 2.44. The monoisotopic (exact) mass is 156 g/mol. The van der Waals surface area contributed by atoms with Crippen LogP contribution in [0, 0.1) is 0 Å². The first kappa shape index (κ1) is 7.53. The van der Waals surface area contributed by atoms with E-state index < -0.39 is 0 Å². The number of nitrogens with one attached hydrogen (secondary N) is 1. The fourth-order valence-electron chi connectivity index (χ4n) is 1.68. The second-order valence-electron chi connectivity index (χ2n) is 3.95.